The van der Waals surface area contributed by atoms with E-state index in [0.717, 1.165) is 36.6 Å². The first-order valence-electron chi connectivity index (χ1n) is 7.93. The van der Waals surface area contributed by atoms with Crippen LogP contribution in [0.4, 0.5) is 5.69 Å². The summed E-state index contributed by atoms with van der Waals surface area (Å²) < 4.78 is 5.71. The van der Waals surface area contributed by atoms with E-state index in [0.29, 0.717) is 6.04 Å². The number of ether oxygens (including phenoxy) is 1. The molecular weight excluding hydrogens is 326 g/mol. The van der Waals surface area contributed by atoms with Crippen LogP contribution in [-0.2, 0) is 4.79 Å². The van der Waals surface area contributed by atoms with E-state index in [2.05, 4.69) is 22.5 Å². The van der Waals surface area contributed by atoms with Crippen LogP contribution >= 0.6 is 12.4 Å². The van der Waals surface area contributed by atoms with E-state index in [9.17, 15) is 4.79 Å². The van der Waals surface area contributed by atoms with Gasteiger partial charge in [0.25, 0.3) is 0 Å². The number of piperidine rings is 1. The lowest BCUT2D eigenvalue weighted by Crippen LogP contribution is -2.40. The number of aromatic nitrogens is 1. The van der Waals surface area contributed by atoms with Crippen LogP contribution in [0, 0.1) is 5.92 Å². The Morgan fingerprint density at radius 3 is 2.50 bits per heavy atom. The third-order valence-corrected chi connectivity index (χ3v) is 4.00. The maximum Gasteiger partial charge on any atom is 0.227 e. The van der Waals surface area contributed by atoms with Crippen LogP contribution in [0.1, 0.15) is 19.8 Å². The summed E-state index contributed by atoms with van der Waals surface area (Å²) in [6.45, 7) is 3.02. The average Bonchev–Trinajstić information content (AvgIpc) is 2.57. The predicted octanol–water partition coefficient (Wildman–Crippen LogP) is 3.62. The van der Waals surface area contributed by atoms with Crippen molar-refractivity contribution < 1.29 is 9.53 Å². The van der Waals surface area contributed by atoms with Crippen molar-refractivity contribution in [3.8, 4) is 11.5 Å². The fourth-order valence-corrected chi connectivity index (χ4v) is 2.76. The van der Waals surface area contributed by atoms with E-state index in [-0.39, 0.29) is 24.2 Å². The highest BCUT2D eigenvalue weighted by Crippen LogP contribution is 2.23. The number of rotatable bonds is 4. The molecule has 1 amide bonds. The van der Waals surface area contributed by atoms with Crippen LogP contribution in [0.15, 0.2) is 48.8 Å². The van der Waals surface area contributed by atoms with Crippen molar-refractivity contribution in [2.24, 2.45) is 5.92 Å². The molecule has 0 unspecified atom stereocenters. The molecule has 1 fully saturated rings. The number of pyridine rings is 1. The van der Waals surface area contributed by atoms with Crippen molar-refractivity contribution >= 4 is 24.0 Å². The smallest absolute Gasteiger partial charge is 0.227 e. The first-order chi connectivity index (χ1) is 11.2. The van der Waals surface area contributed by atoms with Gasteiger partial charge < -0.3 is 15.4 Å². The third-order valence-electron chi connectivity index (χ3n) is 4.00. The number of nitrogens with zero attached hydrogens (tertiary/aromatic N) is 1. The molecule has 6 heteroatoms. The Bertz CT molecular complexity index is 649. The predicted molar refractivity (Wildman–Crippen MR) is 96.8 cm³/mol. The number of hydrogen-bond acceptors (Lipinski definition) is 4. The molecule has 1 aliphatic rings. The fraction of sp³-hybridized carbons (Fsp3) is 0.333. The normalized spacial score (nSPS) is 19.9. The molecule has 2 N–H and O–H groups in total. The summed E-state index contributed by atoms with van der Waals surface area (Å²) in [6, 6.07) is 11.4. The second-order valence-corrected chi connectivity index (χ2v) is 5.88. The van der Waals surface area contributed by atoms with Gasteiger partial charge in [0.15, 0.2) is 0 Å². The SMILES string of the molecule is C[C@H]1C[C@@H](C(=O)Nc2ccc(Oc3ccncc3)cc2)CCN1.Cl. The summed E-state index contributed by atoms with van der Waals surface area (Å²) >= 11 is 0. The van der Waals surface area contributed by atoms with E-state index in [4.69, 9.17) is 4.74 Å². The molecule has 0 bridgehead atoms. The first-order valence-corrected chi connectivity index (χ1v) is 7.93. The van der Waals surface area contributed by atoms with Crippen LogP contribution in [0.25, 0.3) is 0 Å². The number of halogens is 1. The summed E-state index contributed by atoms with van der Waals surface area (Å²) in [6.07, 6.45) is 5.14. The van der Waals surface area contributed by atoms with Gasteiger partial charge >= 0.3 is 0 Å². The second-order valence-electron chi connectivity index (χ2n) is 5.88. The van der Waals surface area contributed by atoms with E-state index in [1.807, 2.05) is 24.3 Å². The molecule has 1 aromatic carbocycles. The minimum Gasteiger partial charge on any atom is -0.457 e. The van der Waals surface area contributed by atoms with Crippen molar-refractivity contribution in [1.29, 1.82) is 0 Å². The van der Waals surface area contributed by atoms with Gasteiger partial charge in [-0.1, -0.05) is 0 Å². The molecule has 0 radical (unpaired) electrons. The zero-order valence-electron chi connectivity index (χ0n) is 13.6. The summed E-state index contributed by atoms with van der Waals surface area (Å²) in [5, 5.41) is 6.35. The molecule has 0 spiro atoms. The molecular formula is C18H22ClN3O2. The van der Waals surface area contributed by atoms with E-state index >= 15 is 0 Å². The Kier molecular flexibility index (Phi) is 6.58. The van der Waals surface area contributed by atoms with Crippen LogP contribution in [0.3, 0.4) is 0 Å². The highest BCUT2D eigenvalue weighted by atomic mass is 35.5. The third kappa shape index (κ3) is 4.94. The highest BCUT2D eigenvalue weighted by Gasteiger charge is 2.24. The van der Waals surface area contributed by atoms with E-state index in [1.165, 1.54) is 0 Å². The number of anilines is 1. The topological polar surface area (TPSA) is 63.2 Å². The lowest BCUT2D eigenvalue weighted by Gasteiger charge is -2.27. The van der Waals surface area contributed by atoms with Gasteiger partial charge in [0.1, 0.15) is 11.5 Å². The Labute approximate surface area is 148 Å². The molecule has 1 aliphatic heterocycles. The maximum atomic E-state index is 12.3. The molecule has 3 rings (SSSR count). The summed E-state index contributed by atoms with van der Waals surface area (Å²) in [4.78, 5) is 16.3. The zero-order valence-corrected chi connectivity index (χ0v) is 14.4. The number of nitrogens with one attached hydrogen (secondary N) is 2. The van der Waals surface area contributed by atoms with E-state index < -0.39 is 0 Å². The lowest BCUT2D eigenvalue weighted by atomic mass is 9.92. The Balaban J connectivity index is 0.00000208. The number of carbonyl (C=O) groups excluding carboxylic acids is 1. The van der Waals surface area contributed by atoms with Crippen molar-refractivity contribution in [3.63, 3.8) is 0 Å². The molecule has 2 aromatic rings. The maximum absolute atomic E-state index is 12.3. The van der Waals surface area contributed by atoms with E-state index in [1.54, 1.807) is 24.5 Å². The fourth-order valence-electron chi connectivity index (χ4n) is 2.76. The van der Waals surface area contributed by atoms with Crippen molar-refractivity contribution in [2.45, 2.75) is 25.8 Å². The molecule has 5 nitrogen and oxygen atoms in total. The van der Waals surface area contributed by atoms with Gasteiger partial charge in [-0.25, -0.2) is 0 Å². The quantitative estimate of drug-likeness (QED) is 0.886. The van der Waals surface area contributed by atoms with Gasteiger partial charge in [0.2, 0.25) is 5.91 Å². The monoisotopic (exact) mass is 347 g/mol. The largest absolute Gasteiger partial charge is 0.457 e. The average molecular weight is 348 g/mol. The van der Waals surface area contributed by atoms with Crippen LogP contribution in [0.2, 0.25) is 0 Å². The molecule has 128 valence electrons. The Morgan fingerprint density at radius 1 is 1.17 bits per heavy atom. The number of hydrogen-bond donors (Lipinski definition) is 2. The van der Waals surface area contributed by atoms with Gasteiger partial charge in [-0.3, -0.25) is 9.78 Å². The molecule has 1 aromatic heterocycles. The molecule has 0 saturated carbocycles. The van der Waals surface area contributed by atoms with Crippen LogP contribution in [-0.4, -0.2) is 23.5 Å². The van der Waals surface area contributed by atoms with Crippen molar-refractivity contribution in [1.82, 2.24) is 10.3 Å². The molecule has 0 aliphatic carbocycles. The number of benzene rings is 1. The van der Waals surface area contributed by atoms with Crippen molar-refractivity contribution in [2.75, 3.05) is 11.9 Å². The highest BCUT2D eigenvalue weighted by molar-refractivity contribution is 5.92. The Hall–Kier alpha value is -2.11. The molecule has 2 atom stereocenters. The number of carbonyl (C=O) groups is 1. The molecule has 2 heterocycles. The minimum absolute atomic E-state index is 0. The van der Waals surface area contributed by atoms with Gasteiger partial charge in [-0.15, -0.1) is 12.4 Å². The lowest BCUT2D eigenvalue weighted by molar-refractivity contribution is -0.120. The second kappa shape index (κ2) is 8.66. The zero-order chi connectivity index (χ0) is 16.1. The van der Waals surface area contributed by atoms with Crippen LogP contribution < -0.4 is 15.4 Å². The summed E-state index contributed by atoms with van der Waals surface area (Å²) in [5.41, 5.74) is 0.795. The summed E-state index contributed by atoms with van der Waals surface area (Å²) in [5.74, 6) is 1.64. The van der Waals surface area contributed by atoms with Gasteiger partial charge in [-0.05, 0) is 62.7 Å². The first kappa shape index (κ1) is 18.2. The number of amides is 1. The minimum atomic E-state index is 0. The molecule has 1 saturated heterocycles. The van der Waals surface area contributed by atoms with Gasteiger partial charge in [0, 0.05) is 30.0 Å². The van der Waals surface area contributed by atoms with Crippen LogP contribution in [0.5, 0.6) is 11.5 Å². The Morgan fingerprint density at radius 2 is 1.83 bits per heavy atom. The summed E-state index contributed by atoms with van der Waals surface area (Å²) in [7, 11) is 0. The molecule has 24 heavy (non-hydrogen) atoms. The van der Waals surface area contributed by atoms with Gasteiger partial charge in [0.05, 0.1) is 0 Å². The van der Waals surface area contributed by atoms with Crippen molar-refractivity contribution in [3.05, 3.63) is 48.8 Å². The van der Waals surface area contributed by atoms with Gasteiger partial charge in [-0.2, -0.15) is 0 Å². The standard InChI is InChI=1S/C18H21N3O2.ClH/c1-13-12-14(6-11-20-13)18(22)21-15-2-4-16(5-3-15)23-17-7-9-19-10-8-17;/h2-5,7-10,13-14,20H,6,11-12H2,1H3,(H,21,22);1H/t13-,14-;/m0./s1.